The maximum atomic E-state index is 11.9. The van der Waals surface area contributed by atoms with Gasteiger partial charge in [0.05, 0.1) is 6.10 Å². The van der Waals surface area contributed by atoms with Crippen LogP contribution in [0.15, 0.2) is 35.1 Å². The van der Waals surface area contributed by atoms with E-state index in [4.69, 9.17) is 9.63 Å². The van der Waals surface area contributed by atoms with Gasteiger partial charge in [-0.3, -0.25) is 9.78 Å². The molecule has 1 N–H and O–H groups in total. The number of β-amino-alcohol motifs (C(OH)–C–C–N with tert-alkyl or cyclic N) is 1. The lowest BCUT2D eigenvalue weighted by Gasteiger charge is -2.35. The number of hydrogen-bond acceptors (Lipinski definition) is 5. The number of carbonyl (C=O) groups excluding carboxylic acids is 1. The summed E-state index contributed by atoms with van der Waals surface area (Å²) >= 11 is 0. The highest BCUT2D eigenvalue weighted by Crippen LogP contribution is 2.21. The topological polar surface area (TPSA) is 79.5 Å². The van der Waals surface area contributed by atoms with Crippen LogP contribution in [-0.4, -0.2) is 45.2 Å². The first-order valence-electron chi connectivity index (χ1n) is 5.58. The number of aliphatic hydroxyl groups is 1. The normalized spacial score (nSPS) is 15.5. The molecule has 6 heteroatoms. The molecule has 1 aliphatic rings. The quantitative estimate of drug-likeness (QED) is 0.836. The van der Waals surface area contributed by atoms with E-state index in [1.807, 2.05) is 0 Å². The Hall–Kier alpha value is -2.21. The minimum absolute atomic E-state index is 0.218. The molecule has 3 heterocycles. The van der Waals surface area contributed by atoms with Crippen molar-refractivity contribution in [2.45, 2.75) is 6.10 Å². The van der Waals surface area contributed by atoms with Gasteiger partial charge >= 0.3 is 0 Å². The van der Waals surface area contributed by atoms with Crippen molar-refractivity contribution in [3.63, 3.8) is 0 Å². The Kier molecular flexibility index (Phi) is 2.56. The zero-order valence-corrected chi connectivity index (χ0v) is 9.48. The van der Waals surface area contributed by atoms with Crippen LogP contribution in [0.5, 0.6) is 0 Å². The van der Waals surface area contributed by atoms with E-state index in [-0.39, 0.29) is 11.6 Å². The maximum absolute atomic E-state index is 11.9. The van der Waals surface area contributed by atoms with E-state index < -0.39 is 6.10 Å². The van der Waals surface area contributed by atoms with Crippen molar-refractivity contribution >= 4 is 5.91 Å². The summed E-state index contributed by atoms with van der Waals surface area (Å²) in [7, 11) is 0. The molecule has 0 radical (unpaired) electrons. The lowest BCUT2D eigenvalue weighted by molar-refractivity contribution is 0.00525. The van der Waals surface area contributed by atoms with Crippen LogP contribution in [0.3, 0.4) is 0 Å². The van der Waals surface area contributed by atoms with E-state index in [1.54, 1.807) is 30.6 Å². The van der Waals surface area contributed by atoms with Gasteiger partial charge in [0.1, 0.15) is 0 Å². The Morgan fingerprint density at radius 2 is 2.11 bits per heavy atom. The molecule has 0 unspecified atom stereocenters. The van der Waals surface area contributed by atoms with E-state index >= 15 is 0 Å². The standard InChI is InChI=1S/C12H11N3O3/c16-9-6-15(7-9)12(17)10-5-11(18-14-10)8-1-3-13-4-2-8/h1-5,9,16H,6-7H2. The molecule has 1 aliphatic heterocycles. The van der Waals surface area contributed by atoms with Crippen LogP contribution in [0.2, 0.25) is 0 Å². The first-order valence-corrected chi connectivity index (χ1v) is 5.58. The molecule has 6 nitrogen and oxygen atoms in total. The lowest BCUT2D eigenvalue weighted by Crippen LogP contribution is -2.53. The molecular formula is C12H11N3O3. The summed E-state index contributed by atoms with van der Waals surface area (Å²) < 4.78 is 5.13. The van der Waals surface area contributed by atoms with E-state index in [1.165, 1.54) is 4.90 Å². The van der Waals surface area contributed by atoms with Crippen molar-refractivity contribution in [2.24, 2.45) is 0 Å². The zero-order chi connectivity index (χ0) is 12.5. The van der Waals surface area contributed by atoms with E-state index in [0.29, 0.717) is 18.8 Å². The lowest BCUT2D eigenvalue weighted by atomic mass is 10.1. The summed E-state index contributed by atoms with van der Waals surface area (Å²) in [5.41, 5.74) is 1.08. The van der Waals surface area contributed by atoms with E-state index in [0.717, 1.165) is 5.56 Å². The highest BCUT2D eigenvalue weighted by molar-refractivity contribution is 5.93. The first-order chi connectivity index (χ1) is 8.74. The molecular weight excluding hydrogens is 234 g/mol. The predicted octanol–water partition coefficient (Wildman–Crippen LogP) is 0.553. The SMILES string of the molecule is O=C(c1cc(-c2ccncc2)on1)N1CC(O)C1. The smallest absolute Gasteiger partial charge is 0.276 e. The van der Waals surface area contributed by atoms with Crippen LogP contribution < -0.4 is 0 Å². The van der Waals surface area contributed by atoms with Crippen LogP contribution in [0.1, 0.15) is 10.5 Å². The molecule has 3 rings (SSSR count). The van der Waals surface area contributed by atoms with Gasteiger partial charge in [0.15, 0.2) is 11.5 Å². The molecule has 0 aromatic carbocycles. The van der Waals surface area contributed by atoms with Crippen molar-refractivity contribution in [1.29, 1.82) is 0 Å². The second-order valence-corrected chi connectivity index (χ2v) is 4.18. The van der Waals surface area contributed by atoms with Gasteiger partial charge in [0.2, 0.25) is 0 Å². The number of rotatable bonds is 2. The molecule has 0 spiro atoms. The van der Waals surface area contributed by atoms with Crippen molar-refractivity contribution in [1.82, 2.24) is 15.0 Å². The molecule has 0 bridgehead atoms. The minimum atomic E-state index is -0.416. The van der Waals surface area contributed by atoms with Crippen molar-refractivity contribution in [3.05, 3.63) is 36.3 Å². The third kappa shape index (κ3) is 1.86. The highest BCUT2D eigenvalue weighted by atomic mass is 16.5. The number of carbonyl (C=O) groups is 1. The molecule has 1 saturated heterocycles. The van der Waals surface area contributed by atoms with Crippen molar-refractivity contribution < 1.29 is 14.4 Å². The third-order valence-corrected chi connectivity index (χ3v) is 2.84. The summed E-state index contributed by atoms with van der Waals surface area (Å²) in [5.74, 6) is 0.311. The molecule has 18 heavy (non-hydrogen) atoms. The van der Waals surface area contributed by atoms with Gasteiger partial charge in [-0.2, -0.15) is 0 Å². The van der Waals surface area contributed by atoms with Gasteiger partial charge < -0.3 is 14.5 Å². The fraction of sp³-hybridized carbons (Fsp3) is 0.250. The molecule has 1 fully saturated rings. The Morgan fingerprint density at radius 1 is 1.39 bits per heavy atom. The molecule has 2 aromatic rings. The summed E-state index contributed by atoms with van der Waals surface area (Å²) in [6, 6.07) is 5.16. The summed E-state index contributed by atoms with van der Waals surface area (Å²) in [6.45, 7) is 0.715. The van der Waals surface area contributed by atoms with Gasteiger partial charge in [0, 0.05) is 37.1 Å². The fourth-order valence-electron chi connectivity index (χ4n) is 1.81. The number of pyridine rings is 1. The van der Waals surface area contributed by atoms with Gasteiger partial charge in [-0.15, -0.1) is 0 Å². The monoisotopic (exact) mass is 245 g/mol. The van der Waals surface area contributed by atoms with Gasteiger partial charge in [-0.1, -0.05) is 5.16 Å². The second kappa shape index (κ2) is 4.23. The fourth-order valence-corrected chi connectivity index (χ4v) is 1.81. The zero-order valence-electron chi connectivity index (χ0n) is 9.48. The van der Waals surface area contributed by atoms with Gasteiger partial charge in [-0.25, -0.2) is 0 Å². The Morgan fingerprint density at radius 3 is 2.78 bits per heavy atom. The van der Waals surface area contributed by atoms with Crippen LogP contribution in [0.4, 0.5) is 0 Å². The average Bonchev–Trinajstić information content (AvgIpc) is 2.85. The van der Waals surface area contributed by atoms with E-state index in [2.05, 4.69) is 10.1 Å². The molecule has 0 saturated carbocycles. The van der Waals surface area contributed by atoms with Crippen molar-refractivity contribution in [3.8, 4) is 11.3 Å². The highest BCUT2D eigenvalue weighted by Gasteiger charge is 2.31. The second-order valence-electron chi connectivity index (χ2n) is 4.18. The average molecular weight is 245 g/mol. The molecule has 2 aromatic heterocycles. The van der Waals surface area contributed by atoms with E-state index in [9.17, 15) is 4.79 Å². The van der Waals surface area contributed by atoms with Crippen LogP contribution >= 0.6 is 0 Å². The van der Waals surface area contributed by atoms with Gasteiger partial charge in [-0.05, 0) is 12.1 Å². The molecule has 0 atom stereocenters. The largest absolute Gasteiger partial charge is 0.389 e. The predicted molar refractivity (Wildman–Crippen MR) is 61.6 cm³/mol. The number of likely N-dealkylation sites (tertiary alicyclic amines) is 1. The molecule has 1 amide bonds. The minimum Gasteiger partial charge on any atom is -0.389 e. The number of hydrogen-bond donors (Lipinski definition) is 1. The number of aromatic nitrogens is 2. The third-order valence-electron chi connectivity index (χ3n) is 2.84. The summed E-state index contributed by atoms with van der Waals surface area (Å²) in [5, 5.41) is 12.9. The summed E-state index contributed by atoms with van der Waals surface area (Å²) in [4.78, 5) is 17.3. The summed E-state index contributed by atoms with van der Waals surface area (Å²) in [6.07, 6.45) is 2.87. The number of aliphatic hydroxyl groups excluding tert-OH is 1. The number of amides is 1. The van der Waals surface area contributed by atoms with Crippen LogP contribution in [0.25, 0.3) is 11.3 Å². The van der Waals surface area contributed by atoms with Crippen molar-refractivity contribution in [2.75, 3.05) is 13.1 Å². The molecule has 92 valence electrons. The first kappa shape index (κ1) is 10.9. The maximum Gasteiger partial charge on any atom is 0.276 e. The molecule has 0 aliphatic carbocycles. The van der Waals surface area contributed by atoms with Crippen LogP contribution in [-0.2, 0) is 0 Å². The Balaban J connectivity index is 1.80. The van der Waals surface area contributed by atoms with Crippen LogP contribution in [0, 0.1) is 0 Å². The van der Waals surface area contributed by atoms with Gasteiger partial charge in [0.25, 0.3) is 5.91 Å². The Bertz CT molecular complexity index is 561. The Labute approximate surface area is 103 Å². The number of nitrogens with zero attached hydrogens (tertiary/aromatic N) is 3.